The van der Waals surface area contributed by atoms with Crippen molar-refractivity contribution in [2.45, 2.75) is 70.2 Å². The molecule has 102 heavy (non-hydrogen) atoms. The van der Waals surface area contributed by atoms with Crippen LogP contribution in [0, 0.1) is 45.6 Å². The van der Waals surface area contributed by atoms with Crippen molar-refractivity contribution in [1.82, 2.24) is 62.4 Å². The van der Waals surface area contributed by atoms with E-state index in [0.717, 1.165) is 119 Å². The summed E-state index contributed by atoms with van der Waals surface area (Å²) in [6, 6.07) is 48.6. The summed E-state index contributed by atoms with van der Waals surface area (Å²) in [6.07, 6.45) is 23.8. The number of aromatic nitrogens is 11. The molecule has 0 radical (unpaired) electrons. The minimum Gasteiger partial charge on any atom is -0.396 e. The number of imidazole rings is 2. The van der Waals surface area contributed by atoms with Crippen LogP contribution in [0.15, 0.2) is 183 Å². The molecule has 19 nitrogen and oxygen atoms in total. The Morgan fingerprint density at radius 3 is 1.58 bits per heavy atom. The quantitative estimate of drug-likeness (QED) is 0.144. The summed E-state index contributed by atoms with van der Waals surface area (Å²) in [7, 11) is 8.28. The molecular weight excluding hydrogens is 1280 g/mol. The van der Waals surface area contributed by atoms with E-state index in [1.165, 1.54) is 85.5 Å². The Labute approximate surface area is 591 Å². The highest BCUT2D eigenvalue weighted by Crippen LogP contribution is 2.50. The lowest BCUT2D eigenvalue weighted by Gasteiger charge is -2.48. The second-order valence-electron chi connectivity index (χ2n) is 28.8. The van der Waals surface area contributed by atoms with Crippen LogP contribution >= 0.6 is 0 Å². The van der Waals surface area contributed by atoms with Crippen molar-refractivity contribution >= 4 is 17.2 Å². The molecule has 0 bridgehead atoms. The predicted molar refractivity (Wildman–Crippen MR) is 392 cm³/mol. The molecule has 7 aliphatic rings. The van der Waals surface area contributed by atoms with E-state index in [1.54, 1.807) is 12.4 Å². The maximum Gasteiger partial charge on any atom is 0.185 e. The molecule has 1 aliphatic carbocycles. The van der Waals surface area contributed by atoms with Gasteiger partial charge in [-0.2, -0.15) is 10.5 Å². The number of nitrogens with zero attached hydrogens (tertiary/aromatic N) is 18. The van der Waals surface area contributed by atoms with Gasteiger partial charge in [0.1, 0.15) is 12.1 Å². The zero-order chi connectivity index (χ0) is 69.5. The molecule has 13 heterocycles. The van der Waals surface area contributed by atoms with E-state index < -0.39 is 0 Å². The summed E-state index contributed by atoms with van der Waals surface area (Å²) in [5.74, 6) is 2.59. The Morgan fingerprint density at radius 1 is 0.539 bits per heavy atom. The van der Waals surface area contributed by atoms with E-state index in [2.05, 4.69) is 165 Å². The number of anilines is 3. The zero-order valence-electron chi connectivity index (χ0n) is 57.6. The van der Waals surface area contributed by atoms with Crippen LogP contribution in [-0.4, -0.2) is 154 Å². The number of hydrogen-bond donors (Lipinski definition) is 1. The number of pyridine rings is 1. The SMILES string of the molecule is CN(C)[C@@H]1CCN(c2nc3c(cc2F)-n2cnnc2-c2cc(-c4ccc(C#N)cc4)cn2C3)C1.CN(C)[C@@H]1CN(c2ccc3c(c2)Cn2cc(-c4ccc(F)cc4)cc2-c2nccn2-3)C[C@H]1CO.N#Cc1ccc(-c2cc3n(c2)Cc2cc(N4CCC5(CCC5)CC4)ccc2-n2ccnc2-3)cc1. The molecule has 512 valence electrons. The van der Waals surface area contributed by atoms with E-state index in [0.29, 0.717) is 52.5 Å². The number of nitriles is 2. The molecule has 6 aliphatic heterocycles. The van der Waals surface area contributed by atoms with Crippen molar-refractivity contribution in [3.8, 4) is 97.1 Å². The standard InChI is InChI=1S/C29H27N5.C27H28FN5O.C25H23FN8/c30-18-21-2-4-22(5-3-21)23-17-27-28-31-12-15-34(28)26-7-6-25(16-24(26)20-33(27)19-23)32-13-10-29(11-14-32)8-1-9-29;1-30(2)26-16-31(15-21(26)17-34)23-7-8-24-20(11-23)14-32-13-19(18-3-5-22(28)6-4-18)12-25(32)27-29-9-10-33(24)27;1-31(2)19-7-8-32(13-19)24-20(26)10-22-21(29-24)14-33-12-18(17-5-3-16(11-27)4-6-17)9-23(33)25-30-28-15-34(22)25/h2-7,12,15-17,19H,1,8-11,13-14,20H2;3-13,21,26,34H,14-17H2,1-2H3;3-6,9-10,12,15,19H,7-8,13-14H2,1-2H3/t;21-,26+;19-/m.01/s1. The monoisotopic (exact) mass is 1360 g/mol. The second-order valence-corrected chi connectivity index (χ2v) is 28.8. The third kappa shape index (κ3) is 11.7. The maximum atomic E-state index is 15.3. The number of halogens is 2. The van der Waals surface area contributed by atoms with Gasteiger partial charge >= 0.3 is 0 Å². The fourth-order valence-corrected chi connectivity index (χ4v) is 16.5. The largest absolute Gasteiger partial charge is 0.396 e. The first-order valence-electron chi connectivity index (χ1n) is 35.2. The predicted octanol–water partition coefficient (Wildman–Crippen LogP) is 13.2. The van der Waals surface area contributed by atoms with Gasteiger partial charge in [0, 0.05) is 154 Å². The number of piperidine rings is 1. The molecule has 0 unspecified atom stereocenters. The molecule has 1 N–H and O–H groups in total. The summed E-state index contributed by atoms with van der Waals surface area (Å²) < 4.78 is 41.6. The normalized spacial score (nSPS) is 17.9. The molecule has 7 aromatic heterocycles. The third-order valence-corrected chi connectivity index (χ3v) is 22.5. The van der Waals surface area contributed by atoms with Crippen LogP contribution in [0.2, 0.25) is 0 Å². The lowest BCUT2D eigenvalue weighted by atomic mass is 9.63. The number of hydrogen-bond acceptors (Lipinski definition) is 13. The van der Waals surface area contributed by atoms with Gasteiger partial charge in [0.05, 0.1) is 69.6 Å². The van der Waals surface area contributed by atoms with Crippen molar-refractivity contribution in [2.24, 2.45) is 11.3 Å². The van der Waals surface area contributed by atoms with Crippen LogP contribution in [-0.2, 0) is 19.6 Å². The first kappa shape index (κ1) is 64.2. The first-order valence-corrected chi connectivity index (χ1v) is 35.2. The molecule has 1 spiro atoms. The fraction of sp³-hybridized carbons (Fsp3) is 0.296. The highest BCUT2D eigenvalue weighted by Gasteiger charge is 2.40. The van der Waals surface area contributed by atoms with Crippen molar-refractivity contribution in [2.75, 3.05) is 88.8 Å². The van der Waals surface area contributed by atoms with Gasteiger partial charge in [0.2, 0.25) is 0 Å². The van der Waals surface area contributed by atoms with Crippen LogP contribution in [0.4, 0.5) is 26.0 Å². The van der Waals surface area contributed by atoms with Crippen molar-refractivity contribution in [3.63, 3.8) is 0 Å². The molecule has 3 atom stereocenters. The van der Waals surface area contributed by atoms with Gasteiger partial charge in [0.15, 0.2) is 29.1 Å². The van der Waals surface area contributed by atoms with Gasteiger partial charge in [0.25, 0.3) is 0 Å². The molecular formula is C81H78F2N18O. The van der Waals surface area contributed by atoms with Crippen LogP contribution in [0.3, 0.4) is 0 Å². The van der Waals surface area contributed by atoms with Crippen LogP contribution in [0.25, 0.3) is 85.0 Å². The number of aliphatic hydroxyl groups is 1. The fourth-order valence-electron chi connectivity index (χ4n) is 16.5. The van der Waals surface area contributed by atoms with Gasteiger partial charge in [-0.05, 0) is 185 Å². The number of likely N-dealkylation sites (N-methyl/N-ethyl adjacent to an activating group) is 2. The topological polar surface area (TPSA) is 178 Å². The highest BCUT2D eigenvalue weighted by molar-refractivity contribution is 5.76. The molecule has 12 aromatic rings. The Balaban J connectivity index is 0.000000114. The highest BCUT2D eigenvalue weighted by atomic mass is 19.1. The molecule has 5 aromatic carbocycles. The van der Waals surface area contributed by atoms with E-state index in [4.69, 9.17) is 20.5 Å². The van der Waals surface area contributed by atoms with Gasteiger partial charge in [-0.15, -0.1) is 10.2 Å². The molecule has 3 saturated heterocycles. The van der Waals surface area contributed by atoms with Crippen LogP contribution < -0.4 is 14.7 Å². The van der Waals surface area contributed by atoms with E-state index in [1.807, 2.05) is 101 Å². The third-order valence-electron chi connectivity index (χ3n) is 22.5. The summed E-state index contributed by atoms with van der Waals surface area (Å²) in [5.41, 5.74) is 20.1. The van der Waals surface area contributed by atoms with Gasteiger partial charge in [-0.25, -0.2) is 23.7 Å². The lowest BCUT2D eigenvalue weighted by molar-refractivity contribution is 0.0955. The average molecular weight is 1360 g/mol. The smallest absolute Gasteiger partial charge is 0.185 e. The summed E-state index contributed by atoms with van der Waals surface area (Å²) in [5, 5.41) is 36.6. The average Bonchev–Trinajstić information content (AvgIpc) is 1.59. The lowest BCUT2D eigenvalue weighted by Crippen LogP contribution is -2.43. The minimum absolute atomic E-state index is 0.196. The zero-order valence-corrected chi connectivity index (χ0v) is 57.6. The van der Waals surface area contributed by atoms with Crippen LogP contribution in [0.5, 0.6) is 0 Å². The Hall–Kier alpha value is -11.2. The number of benzene rings is 5. The number of fused-ring (bicyclic) bond motifs is 15. The Kier molecular flexibility index (Phi) is 16.4. The summed E-state index contributed by atoms with van der Waals surface area (Å²) in [6.45, 7) is 7.85. The van der Waals surface area contributed by atoms with E-state index in [9.17, 15) is 9.50 Å². The molecule has 0 amide bonds. The Bertz CT molecular complexity index is 5220. The summed E-state index contributed by atoms with van der Waals surface area (Å²) >= 11 is 0. The van der Waals surface area contributed by atoms with E-state index in [-0.39, 0.29) is 24.2 Å². The molecule has 19 rings (SSSR count). The van der Waals surface area contributed by atoms with Gasteiger partial charge < -0.3 is 43.3 Å². The molecule has 4 fully saturated rings. The van der Waals surface area contributed by atoms with Crippen molar-refractivity contribution < 1.29 is 13.9 Å². The number of aliphatic hydroxyl groups excluding tert-OH is 1. The molecule has 1 saturated carbocycles. The van der Waals surface area contributed by atoms with Gasteiger partial charge in [-0.3, -0.25) is 13.7 Å². The summed E-state index contributed by atoms with van der Waals surface area (Å²) in [4.78, 5) is 25.6. The first-order chi connectivity index (χ1) is 49.7. The minimum atomic E-state index is -0.331. The Morgan fingerprint density at radius 2 is 1.08 bits per heavy atom. The second kappa shape index (κ2) is 26.1. The van der Waals surface area contributed by atoms with Crippen molar-refractivity contribution in [1.29, 1.82) is 10.5 Å². The van der Waals surface area contributed by atoms with E-state index >= 15 is 4.39 Å². The van der Waals surface area contributed by atoms with Crippen LogP contribution in [0.1, 0.15) is 66.5 Å². The molecule has 21 heteroatoms. The van der Waals surface area contributed by atoms with Gasteiger partial charge in [-0.1, -0.05) is 42.8 Å². The maximum absolute atomic E-state index is 15.3. The van der Waals surface area contributed by atoms with Crippen molar-refractivity contribution in [3.05, 3.63) is 223 Å². The number of rotatable bonds is 9.